The normalized spacial score (nSPS) is 12.3. The van der Waals surface area contributed by atoms with Crippen molar-refractivity contribution in [3.63, 3.8) is 0 Å². The highest BCUT2D eigenvalue weighted by molar-refractivity contribution is 7.99. The van der Waals surface area contributed by atoms with Crippen molar-refractivity contribution in [3.05, 3.63) is 89.0 Å². The monoisotopic (exact) mass is 409 g/mol. The van der Waals surface area contributed by atoms with Gasteiger partial charge < -0.3 is 4.57 Å². The third-order valence-electron chi connectivity index (χ3n) is 4.65. The van der Waals surface area contributed by atoms with Crippen molar-refractivity contribution in [3.8, 4) is 5.69 Å². The summed E-state index contributed by atoms with van der Waals surface area (Å²) in [5.41, 5.74) is 6.86. The molecule has 4 nitrogen and oxygen atoms in total. The van der Waals surface area contributed by atoms with E-state index in [1.807, 2.05) is 61.7 Å². The van der Waals surface area contributed by atoms with Crippen molar-refractivity contribution in [2.24, 2.45) is 5.10 Å². The molecule has 6 heteroatoms. The second-order valence-electron chi connectivity index (χ2n) is 6.79. The summed E-state index contributed by atoms with van der Waals surface area (Å²) < 4.78 is 16.0. The largest absolute Gasteiger partial charge is 0.315 e. The third-order valence-corrected chi connectivity index (χ3v) is 5.87. The summed E-state index contributed by atoms with van der Waals surface area (Å²) in [5, 5.41) is 3.88. The van der Waals surface area contributed by atoms with Crippen molar-refractivity contribution in [1.82, 2.24) is 9.99 Å². The highest BCUT2D eigenvalue weighted by atomic mass is 32.2. The third kappa shape index (κ3) is 5.15. The van der Waals surface area contributed by atoms with Crippen molar-refractivity contribution in [1.29, 1.82) is 0 Å². The summed E-state index contributed by atoms with van der Waals surface area (Å²) in [6.07, 6.45) is 1.60. The molecule has 1 atom stereocenters. The zero-order valence-corrected chi connectivity index (χ0v) is 17.5. The number of nitrogens with zero attached hydrogens (tertiary/aromatic N) is 2. The summed E-state index contributed by atoms with van der Waals surface area (Å²) in [4.78, 5) is 12.3. The van der Waals surface area contributed by atoms with E-state index in [0.717, 1.165) is 22.7 Å². The van der Waals surface area contributed by atoms with Gasteiger partial charge >= 0.3 is 0 Å². The standard InChI is InChI=1S/C23H24FN3OS/c1-16-13-20(17(2)27(16)22-12-8-7-11-21(22)24)14-25-26-23(28)18(3)29-15-19-9-5-4-6-10-19/h4-14,18H,15H2,1-3H3,(H,26,28)/b25-14-/t18-/m0/s1. The van der Waals surface area contributed by atoms with Gasteiger partial charge in [-0.25, -0.2) is 9.82 Å². The Hall–Kier alpha value is -2.86. The molecule has 0 aliphatic heterocycles. The smallest absolute Gasteiger partial charge is 0.252 e. The Kier molecular flexibility index (Phi) is 6.88. The Balaban J connectivity index is 1.62. The first-order valence-electron chi connectivity index (χ1n) is 9.39. The molecule has 0 spiro atoms. The molecular formula is C23H24FN3OS. The van der Waals surface area contributed by atoms with Gasteiger partial charge in [0.05, 0.1) is 17.2 Å². The minimum Gasteiger partial charge on any atom is -0.315 e. The maximum absolute atomic E-state index is 14.2. The van der Waals surface area contributed by atoms with E-state index in [9.17, 15) is 9.18 Å². The fraction of sp³-hybridized carbons (Fsp3) is 0.217. The molecule has 0 aliphatic carbocycles. The fourth-order valence-electron chi connectivity index (χ4n) is 3.05. The molecule has 3 aromatic rings. The first-order chi connectivity index (χ1) is 14.0. The molecule has 1 N–H and O–H groups in total. The predicted molar refractivity (Wildman–Crippen MR) is 118 cm³/mol. The van der Waals surface area contributed by atoms with E-state index >= 15 is 0 Å². The average Bonchev–Trinajstić information content (AvgIpc) is 3.00. The first-order valence-corrected chi connectivity index (χ1v) is 10.4. The molecule has 0 radical (unpaired) electrons. The zero-order valence-electron chi connectivity index (χ0n) is 16.7. The average molecular weight is 410 g/mol. The number of aromatic nitrogens is 1. The summed E-state index contributed by atoms with van der Waals surface area (Å²) in [7, 11) is 0. The molecule has 1 amide bonds. The molecule has 0 unspecified atom stereocenters. The van der Waals surface area contributed by atoms with Gasteiger partial charge in [-0.15, -0.1) is 11.8 Å². The number of hydrogen-bond acceptors (Lipinski definition) is 3. The lowest BCUT2D eigenvalue weighted by molar-refractivity contribution is -0.120. The highest BCUT2D eigenvalue weighted by Gasteiger charge is 2.14. The number of rotatable bonds is 7. The van der Waals surface area contributed by atoms with Gasteiger partial charge in [0.15, 0.2) is 0 Å². The van der Waals surface area contributed by atoms with Crippen LogP contribution in [0.25, 0.3) is 5.69 Å². The number of para-hydroxylation sites is 1. The van der Waals surface area contributed by atoms with Crippen LogP contribution in [0.1, 0.15) is 29.4 Å². The molecule has 0 saturated carbocycles. The number of amides is 1. The highest BCUT2D eigenvalue weighted by Crippen LogP contribution is 2.22. The lowest BCUT2D eigenvalue weighted by Crippen LogP contribution is -2.27. The van der Waals surface area contributed by atoms with Crippen LogP contribution in [0.5, 0.6) is 0 Å². The van der Waals surface area contributed by atoms with Crippen LogP contribution in [0.2, 0.25) is 0 Å². The van der Waals surface area contributed by atoms with Crippen molar-refractivity contribution in [2.45, 2.75) is 31.8 Å². The number of thioether (sulfide) groups is 1. The molecule has 1 heterocycles. The van der Waals surface area contributed by atoms with E-state index in [2.05, 4.69) is 10.5 Å². The molecule has 2 aromatic carbocycles. The van der Waals surface area contributed by atoms with Crippen molar-refractivity contribution < 1.29 is 9.18 Å². The Morgan fingerprint density at radius 2 is 1.86 bits per heavy atom. The maximum atomic E-state index is 14.2. The molecule has 0 fully saturated rings. The molecule has 150 valence electrons. The number of hydrazone groups is 1. The molecule has 0 bridgehead atoms. The molecule has 0 aliphatic rings. The van der Waals surface area contributed by atoms with Gasteiger partial charge in [0.2, 0.25) is 0 Å². The molecule has 29 heavy (non-hydrogen) atoms. The van der Waals surface area contributed by atoms with Crippen LogP contribution in [0.3, 0.4) is 0 Å². The van der Waals surface area contributed by atoms with Crippen LogP contribution in [0, 0.1) is 19.7 Å². The van der Waals surface area contributed by atoms with Gasteiger partial charge in [-0.1, -0.05) is 42.5 Å². The predicted octanol–water partition coefficient (Wildman–Crippen LogP) is 5.01. The van der Waals surface area contributed by atoms with Gasteiger partial charge in [-0.05, 0) is 44.5 Å². The van der Waals surface area contributed by atoms with Crippen molar-refractivity contribution >= 4 is 23.9 Å². The lowest BCUT2D eigenvalue weighted by atomic mass is 10.2. The molecule has 3 rings (SSSR count). The van der Waals surface area contributed by atoms with Crippen LogP contribution in [0.15, 0.2) is 65.8 Å². The SMILES string of the molecule is Cc1cc(/C=N\NC(=O)[C@H](C)SCc2ccccc2)c(C)n1-c1ccccc1F. The Morgan fingerprint density at radius 1 is 1.17 bits per heavy atom. The van der Waals surface area contributed by atoms with Crippen molar-refractivity contribution in [2.75, 3.05) is 0 Å². The maximum Gasteiger partial charge on any atom is 0.252 e. The molecule has 0 saturated heterocycles. The van der Waals surface area contributed by atoms with E-state index in [4.69, 9.17) is 0 Å². The minimum atomic E-state index is -0.282. The first kappa shape index (κ1) is 20.9. The van der Waals surface area contributed by atoms with Crippen LogP contribution >= 0.6 is 11.8 Å². The number of nitrogens with one attached hydrogen (secondary N) is 1. The van der Waals surface area contributed by atoms with Crippen LogP contribution in [-0.2, 0) is 10.5 Å². The van der Waals surface area contributed by atoms with Crippen LogP contribution in [0.4, 0.5) is 4.39 Å². The number of aryl methyl sites for hydroxylation is 1. The van der Waals surface area contributed by atoms with Gasteiger partial charge in [-0.3, -0.25) is 4.79 Å². The zero-order chi connectivity index (χ0) is 20.8. The summed E-state index contributed by atoms with van der Waals surface area (Å²) in [5.74, 6) is 0.337. The van der Waals surface area contributed by atoms with Crippen LogP contribution in [-0.4, -0.2) is 21.9 Å². The van der Waals surface area contributed by atoms with Gasteiger partial charge in [0.1, 0.15) is 5.82 Å². The number of benzene rings is 2. The quantitative estimate of drug-likeness (QED) is 0.441. The second-order valence-corrected chi connectivity index (χ2v) is 8.12. The fourth-order valence-corrected chi connectivity index (χ4v) is 3.89. The number of hydrogen-bond donors (Lipinski definition) is 1. The second kappa shape index (κ2) is 9.56. The van der Waals surface area contributed by atoms with Gasteiger partial charge in [0.25, 0.3) is 5.91 Å². The van der Waals surface area contributed by atoms with Gasteiger partial charge in [0, 0.05) is 22.7 Å². The van der Waals surface area contributed by atoms with Crippen LogP contribution < -0.4 is 5.43 Å². The summed E-state index contributed by atoms with van der Waals surface area (Å²) in [6.45, 7) is 5.68. The molecular weight excluding hydrogens is 385 g/mol. The van der Waals surface area contributed by atoms with E-state index in [-0.39, 0.29) is 17.0 Å². The Morgan fingerprint density at radius 3 is 2.59 bits per heavy atom. The topological polar surface area (TPSA) is 46.4 Å². The van der Waals surface area contributed by atoms with E-state index in [1.54, 1.807) is 36.2 Å². The van der Waals surface area contributed by atoms with Gasteiger partial charge in [-0.2, -0.15) is 5.10 Å². The Bertz CT molecular complexity index is 1010. The van der Waals surface area contributed by atoms with E-state index in [0.29, 0.717) is 5.69 Å². The molecule has 1 aromatic heterocycles. The minimum absolute atomic E-state index is 0.148. The van der Waals surface area contributed by atoms with E-state index in [1.165, 1.54) is 11.6 Å². The van der Waals surface area contributed by atoms with E-state index < -0.39 is 0 Å². The summed E-state index contributed by atoms with van der Waals surface area (Å²) in [6, 6.07) is 18.6. The number of carbonyl (C=O) groups excluding carboxylic acids is 1. The number of carbonyl (C=O) groups is 1. The Labute approximate surface area is 174 Å². The lowest BCUT2D eigenvalue weighted by Gasteiger charge is -2.10. The number of halogens is 1. The summed E-state index contributed by atoms with van der Waals surface area (Å²) >= 11 is 1.56.